The van der Waals surface area contributed by atoms with Gasteiger partial charge in [-0.15, -0.1) is 0 Å². The van der Waals surface area contributed by atoms with Crippen molar-refractivity contribution in [3.8, 4) is 17.2 Å². The second kappa shape index (κ2) is 10.9. The Morgan fingerprint density at radius 2 is 1.97 bits per heavy atom. The van der Waals surface area contributed by atoms with E-state index in [1.165, 1.54) is 5.56 Å². The minimum absolute atomic E-state index is 0.115. The SMILES string of the molecule is CN=C(NCc1ccn(-c2ccc(OC)cc2)n1)NCc1ccc(C)cc1OC1CCOC1. The Balaban J connectivity index is 1.33. The van der Waals surface area contributed by atoms with Gasteiger partial charge in [0.15, 0.2) is 5.96 Å². The summed E-state index contributed by atoms with van der Waals surface area (Å²) in [6, 6.07) is 16.0. The fourth-order valence-corrected chi connectivity index (χ4v) is 3.61. The van der Waals surface area contributed by atoms with Crippen molar-refractivity contribution in [3.63, 3.8) is 0 Å². The van der Waals surface area contributed by atoms with Crippen molar-refractivity contribution < 1.29 is 14.2 Å². The molecule has 3 aromatic rings. The molecule has 33 heavy (non-hydrogen) atoms. The summed E-state index contributed by atoms with van der Waals surface area (Å²) in [5.41, 5.74) is 4.14. The maximum absolute atomic E-state index is 6.20. The maximum Gasteiger partial charge on any atom is 0.191 e. The highest BCUT2D eigenvalue weighted by atomic mass is 16.5. The van der Waals surface area contributed by atoms with Gasteiger partial charge in [0.25, 0.3) is 0 Å². The van der Waals surface area contributed by atoms with E-state index in [0.29, 0.717) is 25.7 Å². The summed E-state index contributed by atoms with van der Waals surface area (Å²) in [6.45, 7) is 4.63. The number of hydrogen-bond donors (Lipinski definition) is 2. The summed E-state index contributed by atoms with van der Waals surface area (Å²) < 4.78 is 18.7. The highest BCUT2D eigenvalue weighted by Crippen LogP contribution is 2.23. The first-order valence-corrected chi connectivity index (χ1v) is 11.1. The van der Waals surface area contributed by atoms with Crippen LogP contribution in [-0.4, -0.2) is 49.2 Å². The molecule has 0 amide bonds. The van der Waals surface area contributed by atoms with Gasteiger partial charge in [-0.1, -0.05) is 12.1 Å². The van der Waals surface area contributed by atoms with Gasteiger partial charge in [-0.25, -0.2) is 4.68 Å². The summed E-state index contributed by atoms with van der Waals surface area (Å²) in [4.78, 5) is 4.34. The number of guanidine groups is 1. The second-order valence-corrected chi connectivity index (χ2v) is 7.94. The predicted molar refractivity (Wildman–Crippen MR) is 128 cm³/mol. The molecule has 1 saturated heterocycles. The van der Waals surface area contributed by atoms with Crippen molar-refractivity contribution in [1.82, 2.24) is 20.4 Å². The number of aryl methyl sites for hydroxylation is 1. The summed E-state index contributed by atoms with van der Waals surface area (Å²) in [7, 11) is 3.42. The minimum Gasteiger partial charge on any atom is -0.497 e. The van der Waals surface area contributed by atoms with Crippen molar-refractivity contribution in [2.45, 2.75) is 32.5 Å². The fourth-order valence-electron chi connectivity index (χ4n) is 3.61. The molecule has 2 aromatic carbocycles. The van der Waals surface area contributed by atoms with Gasteiger partial charge in [0, 0.05) is 31.8 Å². The molecular weight excluding hydrogens is 418 g/mol. The second-order valence-electron chi connectivity index (χ2n) is 7.94. The van der Waals surface area contributed by atoms with Crippen molar-refractivity contribution >= 4 is 5.96 Å². The third-order valence-electron chi connectivity index (χ3n) is 5.49. The maximum atomic E-state index is 6.20. The number of nitrogens with one attached hydrogen (secondary N) is 2. The number of ether oxygens (including phenoxy) is 3. The van der Waals surface area contributed by atoms with E-state index in [9.17, 15) is 0 Å². The van der Waals surface area contributed by atoms with Gasteiger partial charge in [0.05, 0.1) is 38.2 Å². The lowest BCUT2D eigenvalue weighted by Gasteiger charge is -2.18. The number of rotatable bonds is 8. The van der Waals surface area contributed by atoms with Crippen LogP contribution >= 0.6 is 0 Å². The standard InChI is InChI=1S/C25H31N5O3/c1-18-4-5-19(24(14-18)33-23-11-13-32-17-23)15-27-25(26-2)28-16-20-10-12-30(29-20)21-6-8-22(31-3)9-7-21/h4-10,12,14,23H,11,13,15-17H2,1-3H3,(H2,26,27,28). The lowest BCUT2D eigenvalue weighted by molar-refractivity contribution is 0.140. The number of benzene rings is 2. The Morgan fingerprint density at radius 3 is 2.70 bits per heavy atom. The zero-order valence-corrected chi connectivity index (χ0v) is 19.4. The van der Waals surface area contributed by atoms with Gasteiger partial charge in [-0.3, -0.25) is 4.99 Å². The van der Waals surface area contributed by atoms with Crippen LogP contribution in [0.3, 0.4) is 0 Å². The van der Waals surface area contributed by atoms with Crippen LogP contribution in [-0.2, 0) is 17.8 Å². The molecule has 0 bridgehead atoms. The van der Waals surface area contributed by atoms with Gasteiger partial charge in [-0.05, 0) is 48.9 Å². The summed E-state index contributed by atoms with van der Waals surface area (Å²) in [5, 5.41) is 11.3. The summed E-state index contributed by atoms with van der Waals surface area (Å²) in [6.07, 6.45) is 2.98. The van der Waals surface area contributed by atoms with Crippen molar-refractivity contribution in [2.75, 3.05) is 27.4 Å². The highest BCUT2D eigenvalue weighted by Gasteiger charge is 2.18. The molecule has 1 atom stereocenters. The van der Waals surface area contributed by atoms with E-state index in [1.807, 2.05) is 41.2 Å². The van der Waals surface area contributed by atoms with Crippen LogP contribution in [0.15, 0.2) is 59.7 Å². The molecule has 1 aliphatic rings. The quantitative estimate of drug-likeness (QED) is 0.406. The number of aromatic nitrogens is 2. The minimum atomic E-state index is 0.115. The molecule has 0 radical (unpaired) electrons. The molecule has 2 heterocycles. The third-order valence-corrected chi connectivity index (χ3v) is 5.49. The van der Waals surface area contributed by atoms with Crippen LogP contribution in [0.5, 0.6) is 11.5 Å². The van der Waals surface area contributed by atoms with Crippen LogP contribution in [0.2, 0.25) is 0 Å². The third kappa shape index (κ3) is 6.04. The van der Waals surface area contributed by atoms with Crippen LogP contribution in [0.4, 0.5) is 0 Å². The normalized spacial score (nSPS) is 16.0. The topological polar surface area (TPSA) is 81.9 Å². The summed E-state index contributed by atoms with van der Waals surface area (Å²) in [5.74, 6) is 2.41. The van der Waals surface area contributed by atoms with Crippen molar-refractivity contribution in [2.24, 2.45) is 4.99 Å². The van der Waals surface area contributed by atoms with Gasteiger partial charge in [0.1, 0.15) is 17.6 Å². The summed E-state index contributed by atoms with van der Waals surface area (Å²) >= 11 is 0. The van der Waals surface area contributed by atoms with E-state index in [1.54, 1.807) is 14.2 Å². The van der Waals surface area contributed by atoms with Crippen LogP contribution in [0, 0.1) is 6.92 Å². The average Bonchev–Trinajstić information content (AvgIpc) is 3.53. The first-order chi connectivity index (χ1) is 16.1. The van der Waals surface area contributed by atoms with E-state index in [0.717, 1.165) is 41.5 Å². The molecular formula is C25H31N5O3. The van der Waals surface area contributed by atoms with E-state index in [-0.39, 0.29) is 6.10 Å². The monoisotopic (exact) mass is 449 g/mol. The average molecular weight is 450 g/mol. The molecule has 0 saturated carbocycles. The van der Waals surface area contributed by atoms with E-state index >= 15 is 0 Å². The van der Waals surface area contributed by atoms with Crippen LogP contribution < -0.4 is 20.1 Å². The fraction of sp³-hybridized carbons (Fsp3) is 0.360. The molecule has 1 aromatic heterocycles. The van der Waals surface area contributed by atoms with Crippen molar-refractivity contribution in [1.29, 1.82) is 0 Å². The predicted octanol–water partition coefficient (Wildman–Crippen LogP) is 3.22. The molecule has 1 unspecified atom stereocenters. The Labute approximate surface area is 194 Å². The van der Waals surface area contributed by atoms with Gasteiger partial charge in [-0.2, -0.15) is 5.10 Å². The zero-order valence-electron chi connectivity index (χ0n) is 19.4. The molecule has 1 fully saturated rings. The molecule has 8 nitrogen and oxygen atoms in total. The first-order valence-electron chi connectivity index (χ1n) is 11.1. The Bertz CT molecular complexity index is 1070. The van der Waals surface area contributed by atoms with E-state index in [2.05, 4.69) is 45.8 Å². The molecule has 1 aliphatic heterocycles. The Kier molecular flexibility index (Phi) is 7.47. The number of hydrogen-bond acceptors (Lipinski definition) is 5. The highest BCUT2D eigenvalue weighted by molar-refractivity contribution is 5.79. The molecule has 0 spiro atoms. The number of nitrogens with zero attached hydrogens (tertiary/aromatic N) is 3. The number of aliphatic imine (C=N–C) groups is 1. The number of methoxy groups -OCH3 is 1. The van der Waals surface area contributed by atoms with Crippen LogP contribution in [0.1, 0.15) is 23.2 Å². The Hall–Kier alpha value is -3.52. The smallest absolute Gasteiger partial charge is 0.191 e. The zero-order chi connectivity index (χ0) is 23.0. The molecule has 4 rings (SSSR count). The van der Waals surface area contributed by atoms with E-state index in [4.69, 9.17) is 14.2 Å². The first kappa shape index (κ1) is 22.7. The van der Waals surface area contributed by atoms with Crippen molar-refractivity contribution in [3.05, 3.63) is 71.5 Å². The Morgan fingerprint density at radius 1 is 1.15 bits per heavy atom. The van der Waals surface area contributed by atoms with Gasteiger partial charge in [0.2, 0.25) is 0 Å². The lowest BCUT2D eigenvalue weighted by Crippen LogP contribution is -2.36. The van der Waals surface area contributed by atoms with Gasteiger partial charge >= 0.3 is 0 Å². The molecule has 174 valence electrons. The van der Waals surface area contributed by atoms with Crippen LogP contribution in [0.25, 0.3) is 5.69 Å². The molecule has 0 aliphatic carbocycles. The largest absolute Gasteiger partial charge is 0.497 e. The molecule has 2 N–H and O–H groups in total. The van der Waals surface area contributed by atoms with Gasteiger partial charge < -0.3 is 24.8 Å². The molecule has 8 heteroatoms. The van der Waals surface area contributed by atoms with E-state index < -0.39 is 0 Å². The lowest BCUT2D eigenvalue weighted by atomic mass is 10.1.